The van der Waals surface area contributed by atoms with Crippen molar-refractivity contribution in [3.05, 3.63) is 35.4 Å². The predicted octanol–water partition coefficient (Wildman–Crippen LogP) is 3.22. The van der Waals surface area contributed by atoms with Crippen LogP contribution in [0.15, 0.2) is 24.3 Å². The van der Waals surface area contributed by atoms with Gasteiger partial charge in [0.2, 0.25) is 5.91 Å². The second-order valence-corrected chi connectivity index (χ2v) is 8.43. The lowest BCUT2D eigenvalue weighted by Crippen LogP contribution is -2.44. The van der Waals surface area contributed by atoms with Gasteiger partial charge in [-0.25, -0.2) is 4.79 Å². The highest BCUT2D eigenvalue weighted by molar-refractivity contribution is 5.77. The molecule has 1 fully saturated rings. The largest absolute Gasteiger partial charge is 0.341 e. The summed E-state index contributed by atoms with van der Waals surface area (Å²) in [6.07, 6.45) is 2.13. The summed E-state index contributed by atoms with van der Waals surface area (Å²) in [5.74, 6) is 0.183. The SMILES string of the molecule is Cc1ccc(CCC(=O)N2CCCN(C(=O)NCC(C)(C)C)CC2)cc1. The van der Waals surface area contributed by atoms with E-state index in [1.807, 2.05) is 9.80 Å². The first-order valence-electron chi connectivity index (χ1n) is 9.61. The number of amides is 3. The molecule has 1 saturated heterocycles. The van der Waals surface area contributed by atoms with Crippen LogP contribution in [-0.2, 0) is 11.2 Å². The molecule has 0 spiro atoms. The molecule has 5 heteroatoms. The van der Waals surface area contributed by atoms with E-state index in [4.69, 9.17) is 0 Å². The number of nitrogens with one attached hydrogen (secondary N) is 1. The minimum Gasteiger partial charge on any atom is -0.341 e. The smallest absolute Gasteiger partial charge is 0.317 e. The van der Waals surface area contributed by atoms with Gasteiger partial charge in [0.15, 0.2) is 0 Å². The molecule has 2 rings (SSSR count). The van der Waals surface area contributed by atoms with Gasteiger partial charge in [-0.1, -0.05) is 50.6 Å². The lowest BCUT2D eigenvalue weighted by molar-refractivity contribution is -0.131. The highest BCUT2D eigenvalue weighted by Gasteiger charge is 2.22. The number of rotatable bonds is 4. The predicted molar refractivity (Wildman–Crippen MR) is 105 cm³/mol. The van der Waals surface area contributed by atoms with Crippen molar-refractivity contribution in [3.8, 4) is 0 Å². The summed E-state index contributed by atoms with van der Waals surface area (Å²) in [5.41, 5.74) is 2.50. The number of aryl methyl sites for hydroxylation is 2. The molecule has 5 nitrogen and oxygen atoms in total. The van der Waals surface area contributed by atoms with Crippen LogP contribution in [0.1, 0.15) is 44.7 Å². The first-order chi connectivity index (χ1) is 12.2. The second-order valence-electron chi connectivity index (χ2n) is 8.43. The van der Waals surface area contributed by atoms with Crippen molar-refractivity contribution in [1.82, 2.24) is 15.1 Å². The zero-order valence-corrected chi connectivity index (χ0v) is 16.7. The fraction of sp³-hybridized carbons (Fsp3) is 0.619. The quantitative estimate of drug-likeness (QED) is 0.897. The number of carbonyl (C=O) groups excluding carboxylic acids is 2. The second kappa shape index (κ2) is 9.06. The Balaban J connectivity index is 1.78. The fourth-order valence-electron chi connectivity index (χ4n) is 2.99. The van der Waals surface area contributed by atoms with Crippen LogP contribution in [0.25, 0.3) is 0 Å². The van der Waals surface area contributed by atoms with Gasteiger partial charge in [0, 0.05) is 39.1 Å². The van der Waals surface area contributed by atoms with Gasteiger partial charge < -0.3 is 15.1 Å². The lowest BCUT2D eigenvalue weighted by Gasteiger charge is -2.25. The number of urea groups is 1. The third-order valence-electron chi connectivity index (χ3n) is 4.65. The summed E-state index contributed by atoms with van der Waals surface area (Å²) in [7, 11) is 0. The van der Waals surface area contributed by atoms with Crippen molar-refractivity contribution < 1.29 is 9.59 Å². The van der Waals surface area contributed by atoms with E-state index in [1.165, 1.54) is 11.1 Å². The topological polar surface area (TPSA) is 52.7 Å². The Hall–Kier alpha value is -2.04. The number of hydrogen-bond acceptors (Lipinski definition) is 2. The number of hydrogen-bond donors (Lipinski definition) is 1. The Labute approximate surface area is 157 Å². The zero-order chi connectivity index (χ0) is 19.2. The van der Waals surface area contributed by atoms with Gasteiger partial charge in [0.05, 0.1) is 0 Å². The molecule has 0 aromatic heterocycles. The van der Waals surface area contributed by atoms with Gasteiger partial charge in [-0.15, -0.1) is 0 Å². The van der Waals surface area contributed by atoms with E-state index in [2.05, 4.69) is 57.3 Å². The summed E-state index contributed by atoms with van der Waals surface area (Å²) < 4.78 is 0. The van der Waals surface area contributed by atoms with Crippen molar-refractivity contribution in [2.75, 3.05) is 32.7 Å². The summed E-state index contributed by atoms with van der Waals surface area (Å²) in [6.45, 7) is 11.7. The molecule has 0 saturated carbocycles. The van der Waals surface area contributed by atoms with Crippen LogP contribution in [0, 0.1) is 12.3 Å². The van der Waals surface area contributed by atoms with Gasteiger partial charge in [-0.3, -0.25) is 4.79 Å². The average Bonchev–Trinajstić information content (AvgIpc) is 2.84. The molecular formula is C21H33N3O2. The maximum absolute atomic E-state index is 12.5. The average molecular weight is 360 g/mol. The molecule has 1 aliphatic rings. The molecule has 0 atom stereocenters. The van der Waals surface area contributed by atoms with Gasteiger partial charge >= 0.3 is 6.03 Å². The third kappa shape index (κ3) is 6.70. The molecule has 1 heterocycles. The third-order valence-corrected chi connectivity index (χ3v) is 4.65. The minimum atomic E-state index is -0.0196. The molecule has 0 aliphatic carbocycles. The van der Waals surface area contributed by atoms with Crippen molar-refractivity contribution in [3.63, 3.8) is 0 Å². The highest BCUT2D eigenvalue weighted by atomic mass is 16.2. The molecule has 26 heavy (non-hydrogen) atoms. The first kappa shape index (κ1) is 20.3. The summed E-state index contributed by atoms with van der Waals surface area (Å²) >= 11 is 0. The van der Waals surface area contributed by atoms with Gasteiger partial charge in [-0.05, 0) is 30.7 Å². The first-order valence-corrected chi connectivity index (χ1v) is 9.61. The van der Waals surface area contributed by atoms with E-state index < -0.39 is 0 Å². The minimum absolute atomic E-state index is 0.0196. The standard InChI is InChI=1S/C21H33N3O2/c1-17-6-8-18(9-7-17)10-11-19(25)23-12-5-13-24(15-14-23)20(26)22-16-21(2,3)4/h6-9H,5,10-16H2,1-4H3,(H,22,26). The molecule has 1 aromatic carbocycles. The monoisotopic (exact) mass is 359 g/mol. The summed E-state index contributed by atoms with van der Waals surface area (Å²) in [4.78, 5) is 28.6. The van der Waals surface area contributed by atoms with E-state index in [0.717, 1.165) is 19.4 Å². The van der Waals surface area contributed by atoms with Gasteiger partial charge in [0.25, 0.3) is 0 Å². The Morgan fingerprint density at radius 3 is 2.27 bits per heavy atom. The van der Waals surface area contributed by atoms with E-state index in [0.29, 0.717) is 32.6 Å². The van der Waals surface area contributed by atoms with Crippen LogP contribution >= 0.6 is 0 Å². The molecule has 0 bridgehead atoms. The van der Waals surface area contributed by atoms with Crippen molar-refractivity contribution in [2.45, 2.75) is 47.0 Å². The molecule has 0 radical (unpaired) electrons. The molecular weight excluding hydrogens is 326 g/mol. The molecule has 1 aromatic rings. The molecule has 144 valence electrons. The Kier molecular flexibility index (Phi) is 7.06. The van der Waals surface area contributed by atoms with Crippen molar-refractivity contribution >= 4 is 11.9 Å². The lowest BCUT2D eigenvalue weighted by atomic mass is 9.97. The summed E-state index contributed by atoms with van der Waals surface area (Å²) in [6, 6.07) is 8.33. The molecule has 0 unspecified atom stereocenters. The zero-order valence-electron chi connectivity index (χ0n) is 16.7. The van der Waals surface area contributed by atoms with E-state index in [1.54, 1.807) is 0 Å². The Bertz CT molecular complexity index is 605. The number of benzene rings is 1. The normalized spacial score (nSPS) is 15.5. The van der Waals surface area contributed by atoms with Crippen LogP contribution in [0.2, 0.25) is 0 Å². The van der Waals surface area contributed by atoms with Gasteiger partial charge in [0.1, 0.15) is 0 Å². The van der Waals surface area contributed by atoms with Crippen LogP contribution in [0.3, 0.4) is 0 Å². The van der Waals surface area contributed by atoms with Crippen molar-refractivity contribution in [2.24, 2.45) is 5.41 Å². The van der Waals surface area contributed by atoms with Gasteiger partial charge in [-0.2, -0.15) is 0 Å². The maximum Gasteiger partial charge on any atom is 0.317 e. The maximum atomic E-state index is 12.5. The molecule has 1 N–H and O–H groups in total. The molecule has 1 aliphatic heterocycles. The van der Waals surface area contributed by atoms with E-state index >= 15 is 0 Å². The fourth-order valence-corrected chi connectivity index (χ4v) is 2.99. The van der Waals surface area contributed by atoms with Crippen molar-refractivity contribution in [1.29, 1.82) is 0 Å². The number of nitrogens with zero attached hydrogens (tertiary/aromatic N) is 2. The Morgan fingerprint density at radius 1 is 1.00 bits per heavy atom. The van der Waals surface area contributed by atoms with Crippen LogP contribution in [0.5, 0.6) is 0 Å². The molecule has 3 amide bonds. The van der Waals surface area contributed by atoms with Crippen LogP contribution in [-0.4, -0.2) is 54.5 Å². The van der Waals surface area contributed by atoms with Crippen LogP contribution in [0.4, 0.5) is 4.79 Å². The number of carbonyl (C=O) groups is 2. The highest BCUT2D eigenvalue weighted by Crippen LogP contribution is 2.12. The van der Waals surface area contributed by atoms with Crippen LogP contribution < -0.4 is 5.32 Å². The van der Waals surface area contributed by atoms with E-state index in [-0.39, 0.29) is 17.4 Å². The van der Waals surface area contributed by atoms with E-state index in [9.17, 15) is 9.59 Å². The Morgan fingerprint density at radius 2 is 1.62 bits per heavy atom. The summed E-state index contributed by atoms with van der Waals surface area (Å²) in [5, 5.41) is 3.00.